The molecule has 1 aliphatic rings. The molecule has 0 radical (unpaired) electrons. The van der Waals surface area contributed by atoms with Crippen LogP contribution in [0.15, 0.2) is 29.4 Å². The Kier molecular flexibility index (Phi) is 4.30. The summed E-state index contributed by atoms with van der Waals surface area (Å²) in [6.45, 7) is 2.40. The van der Waals surface area contributed by atoms with Gasteiger partial charge in [0.25, 0.3) is 5.91 Å². The van der Waals surface area contributed by atoms with Gasteiger partial charge in [0, 0.05) is 0 Å². The second-order valence-corrected chi connectivity index (χ2v) is 4.37. The van der Waals surface area contributed by atoms with Crippen molar-refractivity contribution in [1.29, 1.82) is 0 Å². The summed E-state index contributed by atoms with van der Waals surface area (Å²) in [5.41, 5.74) is 3.33. The van der Waals surface area contributed by atoms with Crippen molar-refractivity contribution in [2.75, 3.05) is 19.6 Å². The molecule has 0 aliphatic carbocycles. The number of nitrogens with one attached hydrogen (secondary N) is 1. The normalized spacial score (nSPS) is 16.2. The van der Waals surface area contributed by atoms with Gasteiger partial charge in [-0.25, -0.2) is 5.43 Å². The van der Waals surface area contributed by atoms with Crippen LogP contribution in [0.25, 0.3) is 0 Å². The van der Waals surface area contributed by atoms with Crippen LogP contribution < -0.4 is 5.43 Å². The van der Waals surface area contributed by atoms with Crippen LogP contribution in [0.1, 0.15) is 18.4 Å². The fourth-order valence-corrected chi connectivity index (χ4v) is 1.92. The van der Waals surface area contributed by atoms with Gasteiger partial charge in [0.15, 0.2) is 0 Å². The predicted molar refractivity (Wildman–Crippen MR) is 69.5 cm³/mol. The van der Waals surface area contributed by atoms with Gasteiger partial charge in [-0.3, -0.25) is 9.69 Å². The predicted octanol–water partition coefficient (Wildman–Crippen LogP) is 0.938. The van der Waals surface area contributed by atoms with E-state index in [9.17, 15) is 4.79 Å². The summed E-state index contributed by atoms with van der Waals surface area (Å²) in [6, 6.07) is 6.61. The Hall–Kier alpha value is -1.88. The van der Waals surface area contributed by atoms with Gasteiger partial charge >= 0.3 is 0 Å². The first kappa shape index (κ1) is 12.6. The monoisotopic (exact) mass is 247 g/mol. The molecule has 1 aromatic rings. The van der Waals surface area contributed by atoms with Crippen LogP contribution >= 0.6 is 0 Å². The highest BCUT2D eigenvalue weighted by molar-refractivity contribution is 5.83. The molecular weight excluding hydrogens is 230 g/mol. The number of carbonyl (C=O) groups excluding carboxylic acids is 1. The molecule has 18 heavy (non-hydrogen) atoms. The maximum atomic E-state index is 11.5. The molecule has 0 atom stereocenters. The second kappa shape index (κ2) is 6.16. The number of hydrogen-bond donors (Lipinski definition) is 2. The van der Waals surface area contributed by atoms with Gasteiger partial charge < -0.3 is 5.11 Å². The molecule has 1 saturated heterocycles. The van der Waals surface area contributed by atoms with Crippen molar-refractivity contribution in [3.05, 3.63) is 29.8 Å². The number of likely N-dealkylation sites (tertiary alicyclic amines) is 1. The number of phenolic OH excluding ortho intramolecular Hbond substituents is 1. The van der Waals surface area contributed by atoms with Gasteiger partial charge in [-0.1, -0.05) is 0 Å². The SMILES string of the molecule is O=C(CN1CCCC1)NN=Cc1ccc(O)cc1. The first-order chi connectivity index (χ1) is 8.74. The smallest absolute Gasteiger partial charge is 0.254 e. The summed E-state index contributed by atoms with van der Waals surface area (Å²) in [6.07, 6.45) is 3.90. The molecule has 0 unspecified atom stereocenters. The summed E-state index contributed by atoms with van der Waals surface area (Å²) in [5, 5.41) is 13.0. The van der Waals surface area contributed by atoms with E-state index in [0.29, 0.717) is 6.54 Å². The van der Waals surface area contributed by atoms with E-state index in [2.05, 4.69) is 15.4 Å². The zero-order chi connectivity index (χ0) is 12.8. The molecule has 2 rings (SSSR count). The Balaban J connectivity index is 1.76. The van der Waals surface area contributed by atoms with Gasteiger partial charge in [-0.15, -0.1) is 0 Å². The van der Waals surface area contributed by atoms with Crippen LogP contribution in [0.4, 0.5) is 0 Å². The maximum absolute atomic E-state index is 11.5. The first-order valence-electron chi connectivity index (χ1n) is 6.07. The minimum absolute atomic E-state index is 0.0908. The molecule has 1 aliphatic heterocycles. The van der Waals surface area contributed by atoms with Gasteiger partial charge in [0.05, 0.1) is 12.8 Å². The van der Waals surface area contributed by atoms with Gasteiger partial charge in [0.1, 0.15) is 5.75 Å². The van der Waals surface area contributed by atoms with Crippen molar-refractivity contribution >= 4 is 12.1 Å². The van der Waals surface area contributed by atoms with E-state index in [-0.39, 0.29) is 11.7 Å². The van der Waals surface area contributed by atoms with Crippen LogP contribution in [0.2, 0.25) is 0 Å². The zero-order valence-electron chi connectivity index (χ0n) is 10.2. The molecule has 0 bridgehead atoms. The minimum atomic E-state index is -0.0908. The number of phenols is 1. The average molecular weight is 247 g/mol. The topological polar surface area (TPSA) is 64.9 Å². The van der Waals surface area contributed by atoms with Gasteiger partial charge in [-0.2, -0.15) is 5.10 Å². The van der Waals surface area contributed by atoms with Crippen LogP contribution in [-0.2, 0) is 4.79 Å². The third-order valence-electron chi connectivity index (χ3n) is 2.86. The average Bonchev–Trinajstić information content (AvgIpc) is 2.84. The largest absolute Gasteiger partial charge is 0.508 e. The molecule has 0 spiro atoms. The lowest BCUT2D eigenvalue weighted by atomic mass is 10.2. The van der Waals surface area contributed by atoms with E-state index in [0.717, 1.165) is 18.7 Å². The molecule has 1 heterocycles. The van der Waals surface area contributed by atoms with E-state index in [1.807, 2.05) is 0 Å². The number of benzene rings is 1. The Morgan fingerprint density at radius 1 is 1.33 bits per heavy atom. The lowest BCUT2D eigenvalue weighted by Gasteiger charge is -2.12. The second-order valence-electron chi connectivity index (χ2n) is 4.37. The summed E-state index contributed by atoms with van der Waals surface area (Å²) in [7, 11) is 0. The third-order valence-corrected chi connectivity index (χ3v) is 2.86. The Morgan fingerprint density at radius 2 is 2.00 bits per heavy atom. The van der Waals surface area contributed by atoms with Crippen molar-refractivity contribution in [1.82, 2.24) is 10.3 Å². The third kappa shape index (κ3) is 3.85. The highest BCUT2D eigenvalue weighted by atomic mass is 16.3. The summed E-state index contributed by atoms with van der Waals surface area (Å²) < 4.78 is 0. The van der Waals surface area contributed by atoms with E-state index < -0.39 is 0 Å². The van der Waals surface area contributed by atoms with E-state index >= 15 is 0 Å². The lowest BCUT2D eigenvalue weighted by Crippen LogP contribution is -2.33. The fourth-order valence-electron chi connectivity index (χ4n) is 1.92. The van der Waals surface area contributed by atoms with Crippen molar-refractivity contribution in [3.63, 3.8) is 0 Å². The van der Waals surface area contributed by atoms with E-state index in [1.165, 1.54) is 12.8 Å². The standard InChI is InChI=1S/C13H17N3O2/c17-12-5-3-11(4-6-12)9-14-15-13(18)10-16-7-1-2-8-16/h3-6,9,17H,1-2,7-8,10H2,(H,15,18). The molecular formula is C13H17N3O2. The zero-order valence-corrected chi connectivity index (χ0v) is 10.2. The van der Waals surface area contributed by atoms with Gasteiger partial charge in [0.2, 0.25) is 0 Å². The van der Waals surface area contributed by atoms with Crippen molar-refractivity contribution < 1.29 is 9.90 Å². The lowest BCUT2D eigenvalue weighted by molar-refractivity contribution is -0.121. The molecule has 2 N–H and O–H groups in total. The highest BCUT2D eigenvalue weighted by Gasteiger charge is 2.14. The quantitative estimate of drug-likeness (QED) is 0.614. The molecule has 1 amide bonds. The van der Waals surface area contributed by atoms with Crippen molar-refractivity contribution in [2.24, 2.45) is 5.10 Å². The molecule has 96 valence electrons. The molecule has 0 saturated carbocycles. The van der Waals surface area contributed by atoms with Crippen LogP contribution in [0.3, 0.4) is 0 Å². The first-order valence-corrected chi connectivity index (χ1v) is 6.07. The number of rotatable bonds is 4. The van der Waals surface area contributed by atoms with E-state index in [1.54, 1.807) is 30.5 Å². The van der Waals surface area contributed by atoms with Gasteiger partial charge in [-0.05, 0) is 55.8 Å². The molecule has 5 heteroatoms. The maximum Gasteiger partial charge on any atom is 0.254 e. The Bertz CT molecular complexity index is 422. The van der Waals surface area contributed by atoms with Crippen LogP contribution in [0, 0.1) is 0 Å². The molecule has 1 aromatic carbocycles. The van der Waals surface area contributed by atoms with E-state index in [4.69, 9.17) is 5.11 Å². The fraction of sp³-hybridized carbons (Fsp3) is 0.385. The number of hydrogen-bond acceptors (Lipinski definition) is 4. The van der Waals surface area contributed by atoms with Crippen molar-refractivity contribution in [3.8, 4) is 5.75 Å². The number of nitrogens with zero attached hydrogens (tertiary/aromatic N) is 2. The molecule has 5 nitrogen and oxygen atoms in total. The highest BCUT2D eigenvalue weighted by Crippen LogP contribution is 2.07. The number of hydrazone groups is 1. The molecule has 1 fully saturated rings. The van der Waals surface area contributed by atoms with Crippen LogP contribution in [0.5, 0.6) is 5.75 Å². The molecule has 0 aromatic heterocycles. The summed E-state index contributed by atoms with van der Waals surface area (Å²) in [4.78, 5) is 13.7. The van der Waals surface area contributed by atoms with Crippen molar-refractivity contribution in [2.45, 2.75) is 12.8 Å². The van der Waals surface area contributed by atoms with Crippen LogP contribution in [-0.4, -0.2) is 41.8 Å². The number of carbonyl (C=O) groups is 1. The summed E-state index contributed by atoms with van der Waals surface area (Å²) >= 11 is 0. The Morgan fingerprint density at radius 3 is 2.67 bits per heavy atom. The summed E-state index contributed by atoms with van der Waals surface area (Å²) in [5.74, 6) is 0.122. The number of aromatic hydroxyl groups is 1. The minimum Gasteiger partial charge on any atom is -0.508 e. The number of amides is 1. The Labute approximate surface area is 106 Å².